The maximum Gasteiger partial charge on any atom is 0.251 e. The van der Waals surface area contributed by atoms with Crippen LogP contribution in [0.2, 0.25) is 5.02 Å². The highest BCUT2D eigenvalue weighted by Crippen LogP contribution is 2.20. The van der Waals surface area contributed by atoms with Crippen LogP contribution in [0.1, 0.15) is 36.0 Å². The van der Waals surface area contributed by atoms with Crippen LogP contribution in [0.3, 0.4) is 0 Å². The van der Waals surface area contributed by atoms with Crippen molar-refractivity contribution in [2.45, 2.75) is 25.7 Å². The van der Waals surface area contributed by atoms with Gasteiger partial charge in [-0.1, -0.05) is 22.9 Å². The quantitative estimate of drug-likeness (QED) is 0.650. The highest BCUT2D eigenvalue weighted by molar-refractivity contribution is 7.13. The zero-order valence-corrected chi connectivity index (χ0v) is 17.3. The zero-order chi connectivity index (χ0) is 20.6. The molecule has 1 aliphatic rings. The summed E-state index contributed by atoms with van der Waals surface area (Å²) in [5.74, 6) is -0.574. The van der Waals surface area contributed by atoms with E-state index in [0.717, 1.165) is 12.8 Å². The first-order chi connectivity index (χ1) is 14.0. The maximum absolute atomic E-state index is 12.5. The molecule has 2 aromatic rings. The standard InChI is InChI=1S/C19H22ClN5O3S/c20-15-7-5-13(6-8-15)17(27)21-9-1-4-16(26)25-10-2-3-14(11-25)18(28)23-19-24-22-12-29-19/h5-8,12,14H,1-4,9-11H2,(H,21,27)(H,23,24,28). The van der Waals surface area contributed by atoms with Crippen LogP contribution in [-0.4, -0.2) is 52.5 Å². The van der Waals surface area contributed by atoms with Gasteiger partial charge in [0.15, 0.2) is 0 Å². The van der Waals surface area contributed by atoms with Gasteiger partial charge in [-0.25, -0.2) is 0 Å². The van der Waals surface area contributed by atoms with E-state index in [1.165, 1.54) is 11.3 Å². The first kappa shape index (κ1) is 21.2. The minimum Gasteiger partial charge on any atom is -0.352 e. The second-order valence-electron chi connectivity index (χ2n) is 6.78. The number of carbonyl (C=O) groups excluding carboxylic acids is 3. The minimum atomic E-state index is -0.249. The summed E-state index contributed by atoms with van der Waals surface area (Å²) < 4.78 is 0. The van der Waals surface area contributed by atoms with Gasteiger partial charge in [0, 0.05) is 36.6 Å². The molecule has 0 spiro atoms. The van der Waals surface area contributed by atoms with Gasteiger partial charge < -0.3 is 15.5 Å². The van der Waals surface area contributed by atoms with Crippen LogP contribution in [0.5, 0.6) is 0 Å². The van der Waals surface area contributed by atoms with Crippen molar-refractivity contribution in [2.24, 2.45) is 5.92 Å². The lowest BCUT2D eigenvalue weighted by molar-refractivity contribution is -0.134. The van der Waals surface area contributed by atoms with Crippen LogP contribution in [0.15, 0.2) is 29.8 Å². The average molecular weight is 436 g/mol. The topological polar surface area (TPSA) is 104 Å². The number of halogens is 1. The van der Waals surface area contributed by atoms with E-state index in [0.29, 0.717) is 48.2 Å². The molecule has 0 bridgehead atoms. The first-order valence-electron chi connectivity index (χ1n) is 9.41. The van der Waals surface area contributed by atoms with Gasteiger partial charge >= 0.3 is 0 Å². The van der Waals surface area contributed by atoms with Crippen molar-refractivity contribution in [3.63, 3.8) is 0 Å². The van der Waals surface area contributed by atoms with Crippen LogP contribution < -0.4 is 10.6 Å². The fraction of sp³-hybridized carbons (Fsp3) is 0.421. The van der Waals surface area contributed by atoms with Gasteiger partial charge in [0.25, 0.3) is 5.91 Å². The molecule has 154 valence electrons. The third-order valence-electron chi connectivity index (χ3n) is 4.69. The number of likely N-dealkylation sites (tertiary alicyclic amines) is 1. The molecule has 0 radical (unpaired) electrons. The number of nitrogens with zero attached hydrogens (tertiary/aromatic N) is 3. The van der Waals surface area contributed by atoms with Gasteiger partial charge in [-0.3, -0.25) is 14.4 Å². The van der Waals surface area contributed by atoms with Crippen LogP contribution >= 0.6 is 22.9 Å². The van der Waals surface area contributed by atoms with E-state index in [1.807, 2.05) is 0 Å². The van der Waals surface area contributed by atoms with E-state index >= 15 is 0 Å². The van der Waals surface area contributed by atoms with Gasteiger partial charge in [0.1, 0.15) is 5.51 Å². The summed E-state index contributed by atoms with van der Waals surface area (Å²) >= 11 is 7.07. The molecule has 29 heavy (non-hydrogen) atoms. The third-order valence-corrected chi connectivity index (χ3v) is 5.55. The Balaban J connectivity index is 1.39. The Kier molecular flexibility index (Phi) is 7.54. The van der Waals surface area contributed by atoms with Crippen LogP contribution in [0.25, 0.3) is 0 Å². The number of hydrogen-bond donors (Lipinski definition) is 2. The van der Waals surface area contributed by atoms with Gasteiger partial charge in [-0.2, -0.15) is 0 Å². The van der Waals surface area contributed by atoms with Gasteiger partial charge in [-0.05, 0) is 43.5 Å². The number of amides is 3. The van der Waals surface area contributed by atoms with Gasteiger partial charge in [0.2, 0.25) is 16.9 Å². The van der Waals surface area contributed by atoms with Crippen LogP contribution in [0.4, 0.5) is 5.13 Å². The summed E-state index contributed by atoms with van der Waals surface area (Å²) in [7, 11) is 0. The molecule has 1 unspecified atom stereocenters. The smallest absolute Gasteiger partial charge is 0.251 e. The summed E-state index contributed by atoms with van der Waals surface area (Å²) in [5.41, 5.74) is 2.08. The predicted octanol–water partition coefficient (Wildman–Crippen LogP) is 2.58. The molecule has 1 saturated heterocycles. The van der Waals surface area contributed by atoms with Crippen molar-refractivity contribution in [1.82, 2.24) is 20.4 Å². The lowest BCUT2D eigenvalue weighted by atomic mass is 9.97. The molecule has 0 saturated carbocycles. The van der Waals surface area contributed by atoms with E-state index in [1.54, 1.807) is 34.7 Å². The maximum atomic E-state index is 12.5. The van der Waals surface area contributed by atoms with Crippen molar-refractivity contribution >= 4 is 45.8 Å². The Hall–Kier alpha value is -2.52. The van der Waals surface area contributed by atoms with E-state index in [-0.39, 0.29) is 23.6 Å². The molecule has 1 fully saturated rings. The molecular weight excluding hydrogens is 414 g/mol. The number of anilines is 1. The highest BCUT2D eigenvalue weighted by Gasteiger charge is 2.28. The number of nitrogens with one attached hydrogen (secondary N) is 2. The first-order valence-corrected chi connectivity index (χ1v) is 10.7. The van der Waals surface area contributed by atoms with Crippen LogP contribution in [-0.2, 0) is 9.59 Å². The molecule has 1 aromatic heterocycles. The Morgan fingerprint density at radius 3 is 2.76 bits per heavy atom. The van der Waals surface area contributed by atoms with E-state index < -0.39 is 0 Å². The lowest BCUT2D eigenvalue weighted by Gasteiger charge is -2.32. The molecule has 2 N–H and O–H groups in total. The monoisotopic (exact) mass is 435 g/mol. The number of carbonyl (C=O) groups is 3. The third kappa shape index (κ3) is 6.23. The molecular formula is C19H22ClN5O3S. The number of piperidine rings is 1. The summed E-state index contributed by atoms with van der Waals surface area (Å²) in [4.78, 5) is 38.6. The number of benzene rings is 1. The summed E-state index contributed by atoms with van der Waals surface area (Å²) in [6.45, 7) is 1.46. The summed E-state index contributed by atoms with van der Waals surface area (Å²) in [6.07, 6.45) is 2.39. The van der Waals surface area contributed by atoms with Crippen molar-refractivity contribution in [2.75, 3.05) is 25.0 Å². The average Bonchev–Trinajstić information content (AvgIpc) is 3.24. The molecule has 3 rings (SSSR count). The van der Waals surface area contributed by atoms with Crippen molar-refractivity contribution in [3.8, 4) is 0 Å². The van der Waals surface area contributed by atoms with Crippen LogP contribution in [0, 0.1) is 5.92 Å². The fourth-order valence-corrected chi connectivity index (χ4v) is 3.73. The molecule has 3 amide bonds. The van der Waals surface area contributed by atoms with E-state index in [4.69, 9.17) is 11.6 Å². The molecule has 1 aliphatic heterocycles. The molecule has 1 aromatic carbocycles. The fourth-order valence-electron chi connectivity index (χ4n) is 3.16. The Bertz CT molecular complexity index is 844. The molecule has 2 heterocycles. The zero-order valence-electron chi connectivity index (χ0n) is 15.8. The number of aromatic nitrogens is 2. The summed E-state index contributed by atoms with van der Waals surface area (Å²) in [6, 6.07) is 6.63. The van der Waals surface area contributed by atoms with E-state index in [9.17, 15) is 14.4 Å². The second kappa shape index (κ2) is 10.3. The van der Waals surface area contributed by atoms with Crippen molar-refractivity contribution in [1.29, 1.82) is 0 Å². The molecule has 10 heteroatoms. The van der Waals surface area contributed by atoms with E-state index in [2.05, 4.69) is 20.8 Å². The van der Waals surface area contributed by atoms with Crippen molar-refractivity contribution in [3.05, 3.63) is 40.4 Å². The highest BCUT2D eigenvalue weighted by atomic mass is 35.5. The number of rotatable bonds is 7. The Labute approximate surface area is 177 Å². The lowest BCUT2D eigenvalue weighted by Crippen LogP contribution is -2.43. The number of hydrogen-bond acceptors (Lipinski definition) is 6. The minimum absolute atomic E-state index is 0.000780. The summed E-state index contributed by atoms with van der Waals surface area (Å²) in [5, 5.41) is 14.1. The Morgan fingerprint density at radius 1 is 1.24 bits per heavy atom. The van der Waals surface area contributed by atoms with Crippen molar-refractivity contribution < 1.29 is 14.4 Å². The largest absolute Gasteiger partial charge is 0.352 e. The molecule has 1 atom stereocenters. The van der Waals surface area contributed by atoms with Gasteiger partial charge in [-0.15, -0.1) is 10.2 Å². The Morgan fingerprint density at radius 2 is 2.03 bits per heavy atom. The molecule has 0 aliphatic carbocycles. The normalized spacial score (nSPS) is 16.3. The second-order valence-corrected chi connectivity index (χ2v) is 8.05. The SMILES string of the molecule is O=C(NCCCC(=O)N1CCCC(C(=O)Nc2nncs2)C1)c1ccc(Cl)cc1. The van der Waals surface area contributed by atoms with Gasteiger partial charge in [0.05, 0.1) is 5.92 Å². The molecule has 8 nitrogen and oxygen atoms in total. The predicted molar refractivity (Wildman–Crippen MR) is 111 cm³/mol.